The van der Waals surface area contributed by atoms with Gasteiger partial charge in [-0.1, -0.05) is 6.58 Å². The number of carbonyl (C=O) groups is 2. The van der Waals surface area contributed by atoms with Crippen LogP contribution in [0.15, 0.2) is 43.2 Å². The Morgan fingerprint density at radius 1 is 1.38 bits per heavy atom. The highest BCUT2D eigenvalue weighted by molar-refractivity contribution is 6.01. The van der Waals surface area contributed by atoms with Crippen molar-refractivity contribution < 1.29 is 9.59 Å². The molecule has 1 aliphatic rings. The van der Waals surface area contributed by atoms with Crippen molar-refractivity contribution in [3.8, 4) is 0 Å². The van der Waals surface area contributed by atoms with Gasteiger partial charge in [0.2, 0.25) is 5.91 Å². The second-order valence-corrected chi connectivity index (χ2v) is 5.68. The van der Waals surface area contributed by atoms with Crippen molar-refractivity contribution in [3.63, 3.8) is 0 Å². The van der Waals surface area contributed by atoms with Crippen LogP contribution in [0.4, 0.5) is 5.69 Å². The number of likely N-dealkylation sites (N-methyl/N-ethyl adjacent to an activating group) is 1. The van der Waals surface area contributed by atoms with Gasteiger partial charge in [-0.15, -0.1) is 0 Å². The minimum absolute atomic E-state index is 0.0434. The van der Waals surface area contributed by atoms with Gasteiger partial charge in [0.15, 0.2) is 0 Å². The van der Waals surface area contributed by atoms with Gasteiger partial charge in [-0.25, -0.2) is 4.98 Å². The summed E-state index contributed by atoms with van der Waals surface area (Å²) in [6, 6.07) is 6.92. The van der Waals surface area contributed by atoms with E-state index >= 15 is 0 Å². The average Bonchev–Trinajstić information content (AvgIpc) is 3.30. The Kier molecular flexibility index (Phi) is 4.41. The largest absolute Gasteiger partial charge is 0.328 e. The van der Waals surface area contributed by atoms with Crippen molar-refractivity contribution in [1.82, 2.24) is 20.1 Å². The van der Waals surface area contributed by atoms with Crippen molar-refractivity contribution in [2.45, 2.75) is 18.9 Å². The fourth-order valence-electron chi connectivity index (χ4n) is 2.93. The number of benzene rings is 1. The molecule has 1 saturated heterocycles. The number of rotatable bonds is 4. The zero-order valence-electron chi connectivity index (χ0n) is 13.5. The maximum atomic E-state index is 12.8. The first-order valence-corrected chi connectivity index (χ1v) is 7.78. The minimum atomic E-state index is -0.195. The van der Waals surface area contributed by atoms with Crippen LogP contribution in [0.25, 0.3) is 0 Å². The summed E-state index contributed by atoms with van der Waals surface area (Å²) in [5, 5.41) is 6.72. The topological polar surface area (TPSA) is 82.2 Å². The Bertz CT molecular complexity index is 739. The number of carbonyl (C=O) groups excluding carboxylic acids is 2. The first kappa shape index (κ1) is 15.9. The zero-order valence-corrected chi connectivity index (χ0v) is 13.5. The van der Waals surface area contributed by atoms with Crippen molar-refractivity contribution in [1.29, 1.82) is 0 Å². The van der Waals surface area contributed by atoms with Crippen molar-refractivity contribution in [2.75, 3.05) is 18.5 Å². The number of amides is 2. The third-order valence-corrected chi connectivity index (χ3v) is 4.27. The summed E-state index contributed by atoms with van der Waals surface area (Å²) in [7, 11) is 1.67. The summed E-state index contributed by atoms with van der Waals surface area (Å²) in [6.07, 6.45) is 4.52. The van der Waals surface area contributed by atoms with E-state index in [-0.39, 0.29) is 17.9 Å². The van der Waals surface area contributed by atoms with E-state index in [4.69, 9.17) is 0 Å². The molecule has 24 heavy (non-hydrogen) atoms. The Balaban J connectivity index is 1.77. The average molecular weight is 325 g/mol. The molecule has 2 heterocycles. The number of nitrogens with one attached hydrogen (secondary N) is 1. The van der Waals surface area contributed by atoms with Crippen LogP contribution in [0.5, 0.6) is 0 Å². The smallest absolute Gasteiger partial charge is 0.254 e. The Morgan fingerprint density at radius 2 is 2.12 bits per heavy atom. The lowest BCUT2D eigenvalue weighted by Gasteiger charge is -2.23. The molecule has 1 fully saturated rings. The van der Waals surface area contributed by atoms with Crippen LogP contribution in [0.1, 0.15) is 35.1 Å². The summed E-state index contributed by atoms with van der Waals surface area (Å²) in [4.78, 5) is 31.9. The molecule has 3 rings (SSSR count). The summed E-state index contributed by atoms with van der Waals surface area (Å²) in [5.41, 5.74) is 1.30. The normalized spacial score (nSPS) is 16.9. The van der Waals surface area contributed by atoms with E-state index in [2.05, 4.69) is 21.8 Å². The highest BCUT2D eigenvalue weighted by Gasteiger charge is 2.32. The molecule has 1 aliphatic heterocycles. The van der Waals surface area contributed by atoms with Crippen LogP contribution in [-0.4, -0.2) is 45.5 Å². The van der Waals surface area contributed by atoms with Crippen LogP contribution < -0.4 is 4.90 Å². The number of likely N-dealkylation sites (tertiary alicyclic amines) is 1. The van der Waals surface area contributed by atoms with E-state index in [0.717, 1.165) is 12.8 Å². The molecule has 1 aromatic carbocycles. The molecular formula is C17H19N5O2. The van der Waals surface area contributed by atoms with E-state index in [9.17, 15) is 9.59 Å². The first-order chi connectivity index (χ1) is 11.6. The summed E-state index contributed by atoms with van der Waals surface area (Å²) in [5.74, 6) is 0.478. The molecule has 1 aromatic heterocycles. The third-order valence-electron chi connectivity index (χ3n) is 4.27. The number of hydrogen-bond donors (Lipinski definition) is 1. The van der Waals surface area contributed by atoms with Gasteiger partial charge in [-0.05, 0) is 43.2 Å². The molecule has 2 amide bonds. The number of hydrogen-bond acceptors (Lipinski definition) is 4. The molecule has 0 aliphatic carbocycles. The summed E-state index contributed by atoms with van der Waals surface area (Å²) in [6.45, 7) is 4.17. The highest BCUT2D eigenvalue weighted by atomic mass is 16.2. The van der Waals surface area contributed by atoms with E-state index in [1.54, 1.807) is 31.3 Å². The van der Waals surface area contributed by atoms with Gasteiger partial charge < -0.3 is 9.80 Å². The number of anilines is 1. The Labute approximate surface area is 140 Å². The van der Waals surface area contributed by atoms with Crippen molar-refractivity contribution in [2.24, 2.45) is 0 Å². The lowest BCUT2D eigenvalue weighted by molar-refractivity contribution is -0.113. The van der Waals surface area contributed by atoms with Crippen LogP contribution in [0, 0.1) is 0 Å². The second kappa shape index (κ2) is 6.66. The second-order valence-electron chi connectivity index (χ2n) is 5.68. The fraction of sp³-hybridized carbons (Fsp3) is 0.294. The standard InChI is InChI=1S/C17H19N5O2/c1-3-15(23)21(2)13-8-6-12(7-9-13)17(24)22-10-4-5-14(22)16-18-11-19-20-16/h3,6-9,11,14H,1,4-5,10H2,2H3,(H,18,19,20)/t14-/m1/s1. The molecule has 0 bridgehead atoms. The van der Waals surface area contributed by atoms with Gasteiger partial charge in [0.1, 0.15) is 12.2 Å². The van der Waals surface area contributed by atoms with E-state index < -0.39 is 0 Å². The molecule has 0 saturated carbocycles. The molecule has 0 unspecified atom stereocenters. The molecule has 1 atom stereocenters. The van der Waals surface area contributed by atoms with Gasteiger partial charge in [-0.2, -0.15) is 5.10 Å². The molecule has 2 aromatic rings. The zero-order chi connectivity index (χ0) is 17.1. The van der Waals surface area contributed by atoms with Gasteiger partial charge in [0, 0.05) is 24.8 Å². The monoisotopic (exact) mass is 325 g/mol. The summed E-state index contributed by atoms with van der Waals surface area (Å²) < 4.78 is 0. The van der Waals surface area contributed by atoms with Gasteiger partial charge in [0.25, 0.3) is 5.91 Å². The molecule has 124 valence electrons. The molecule has 7 heteroatoms. The predicted molar refractivity (Wildman–Crippen MR) is 89.4 cm³/mol. The van der Waals surface area contributed by atoms with E-state index in [0.29, 0.717) is 23.6 Å². The molecule has 7 nitrogen and oxygen atoms in total. The van der Waals surface area contributed by atoms with Gasteiger partial charge in [-0.3, -0.25) is 14.7 Å². The van der Waals surface area contributed by atoms with E-state index in [1.807, 2.05) is 4.90 Å². The molecule has 0 spiro atoms. The lowest BCUT2D eigenvalue weighted by atomic mass is 10.1. The van der Waals surface area contributed by atoms with Crippen LogP contribution in [-0.2, 0) is 4.79 Å². The Hall–Kier alpha value is -2.96. The Morgan fingerprint density at radius 3 is 2.75 bits per heavy atom. The maximum Gasteiger partial charge on any atom is 0.254 e. The fourth-order valence-corrected chi connectivity index (χ4v) is 2.93. The summed E-state index contributed by atoms with van der Waals surface area (Å²) >= 11 is 0. The van der Waals surface area contributed by atoms with E-state index in [1.165, 1.54) is 17.3 Å². The van der Waals surface area contributed by atoms with Crippen LogP contribution in [0.2, 0.25) is 0 Å². The van der Waals surface area contributed by atoms with Crippen molar-refractivity contribution >= 4 is 17.5 Å². The number of H-pyrrole nitrogens is 1. The highest BCUT2D eigenvalue weighted by Crippen LogP contribution is 2.31. The van der Waals surface area contributed by atoms with Gasteiger partial charge in [0.05, 0.1) is 6.04 Å². The molecule has 0 radical (unpaired) electrons. The lowest BCUT2D eigenvalue weighted by Crippen LogP contribution is -2.31. The minimum Gasteiger partial charge on any atom is -0.328 e. The maximum absolute atomic E-state index is 12.8. The third kappa shape index (κ3) is 2.92. The molecular weight excluding hydrogens is 306 g/mol. The molecule has 1 N–H and O–H groups in total. The predicted octanol–water partition coefficient (Wildman–Crippen LogP) is 1.93. The SMILES string of the molecule is C=CC(=O)N(C)c1ccc(C(=O)N2CCC[C@@H]2c2ncn[nH]2)cc1. The van der Waals surface area contributed by atoms with Gasteiger partial charge >= 0.3 is 0 Å². The number of aromatic amines is 1. The van der Waals surface area contributed by atoms with Crippen LogP contribution in [0.3, 0.4) is 0 Å². The first-order valence-electron chi connectivity index (χ1n) is 7.78. The van der Waals surface area contributed by atoms with Crippen LogP contribution >= 0.6 is 0 Å². The quantitative estimate of drug-likeness (QED) is 0.871. The number of aromatic nitrogens is 3. The number of nitrogens with zero attached hydrogens (tertiary/aromatic N) is 4. The van der Waals surface area contributed by atoms with Crippen molar-refractivity contribution in [3.05, 3.63) is 54.6 Å².